The average molecular weight is 331 g/mol. The lowest BCUT2D eigenvalue weighted by molar-refractivity contribution is 0.0540. The molecule has 1 fully saturated rings. The van der Waals surface area contributed by atoms with E-state index in [1.165, 1.54) is 4.31 Å². The molecule has 0 amide bonds. The van der Waals surface area contributed by atoms with E-state index >= 15 is 0 Å². The van der Waals surface area contributed by atoms with Gasteiger partial charge in [-0.25, -0.2) is 8.42 Å². The summed E-state index contributed by atoms with van der Waals surface area (Å²) in [6.45, 7) is 0.719. The smallest absolute Gasteiger partial charge is 0.243 e. The molecule has 0 spiro atoms. The molecule has 4 nitrogen and oxygen atoms in total. The highest BCUT2D eigenvalue weighted by Gasteiger charge is 2.34. The lowest BCUT2D eigenvalue weighted by Crippen LogP contribution is -2.46. The van der Waals surface area contributed by atoms with E-state index < -0.39 is 16.1 Å². The molecule has 2 aromatic rings. The predicted octanol–water partition coefficient (Wildman–Crippen LogP) is 2.30. The van der Waals surface area contributed by atoms with E-state index in [0.29, 0.717) is 30.8 Å². The first-order valence-corrected chi connectivity index (χ1v) is 9.28. The highest BCUT2D eigenvalue weighted by molar-refractivity contribution is 7.89. The molecule has 23 heavy (non-hydrogen) atoms. The average Bonchev–Trinajstić information content (AvgIpc) is 2.58. The molecule has 0 aliphatic carbocycles. The van der Waals surface area contributed by atoms with Crippen LogP contribution in [-0.4, -0.2) is 37.0 Å². The summed E-state index contributed by atoms with van der Waals surface area (Å²) in [5, 5.41) is 10.3. The number of piperidine rings is 1. The lowest BCUT2D eigenvalue weighted by atomic mass is 9.90. The van der Waals surface area contributed by atoms with Crippen molar-refractivity contribution in [1.82, 2.24) is 4.31 Å². The maximum absolute atomic E-state index is 12.7. The zero-order valence-electron chi connectivity index (χ0n) is 12.9. The van der Waals surface area contributed by atoms with Gasteiger partial charge < -0.3 is 5.11 Å². The van der Waals surface area contributed by atoms with Crippen molar-refractivity contribution in [2.24, 2.45) is 5.92 Å². The quantitative estimate of drug-likeness (QED) is 0.935. The first-order chi connectivity index (χ1) is 11.1. The monoisotopic (exact) mass is 331 g/mol. The van der Waals surface area contributed by atoms with Crippen LogP contribution in [0.2, 0.25) is 0 Å². The number of nitrogens with zero attached hydrogens (tertiary/aromatic N) is 1. The number of benzene rings is 2. The first kappa shape index (κ1) is 16.2. The Labute approximate surface area is 137 Å². The van der Waals surface area contributed by atoms with Crippen molar-refractivity contribution in [2.45, 2.75) is 23.8 Å². The van der Waals surface area contributed by atoms with Gasteiger partial charge >= 0.3 is 0 Å². The van der Waals surface area contributed by atoms with Crippen LogP contribution in [-0.2, 0) is 16.4 Å². The van der Waals surface area contributed by atoms with Crippen LogP contribution >= 0.6 is 0 Å². The highest BCUT2D eigenvalue weighted by atomic mass is 32.2. The number of aliphatic hydroxyl groups is 1. The van der Waals surface area contributed by atoms with Gasteiger partial charge in [0.1, 0.15) is 0 Å². The highest BCUT2D eigenvalue weighted by Crippen LogP contribution is 2.26. The van der Waals surface area contributed by atoms with Crippen molar-refractivity contribution < 1.29 is 13.5 Å². The molecule has 0 aromatic heterocycles. The first-order valence-electron chi connectivity index (χ1n) is 7.84. The summed E-state index contributed by atoms with van der Waals surface area (Å²) in [6.07, 6.45) is 0.698. The zero-order valence-corrected chi connectivity index (χ0v) is 13.7. The SMILES string of the molecule is O=S(=O)(c1ccccc1)N1CCC(O)C(Cc2ccccc2)C1. The minimum Gasteiger partial charge on any atom is -0.393 e. The van der Waals surface area contributed by atoms with E-state index in [1.807, 2.05) is 30.3 Å². The van der Waals surface area contributed by atoms with Crippen molar-refractivity contribution in [3.8, 4) is 0 Å². The van der Waals surface area contributed by atoms with Crippen molar-refractivity contribution >= 4 is 10.0 Å². The third-order valence-corrected chi connectivity index (χ3v) is 6.26. The van der Waals surface area contributed by atoms with Gasteiger partial charge in [-0.3, -0.25) is 0 Å². The van der Waals surface area contributed by atoms with Crippen LogP contribution in [0.1, 0.15) is 12.0 Å². The molecule has 0 bridgehead atoms. The Hall–Kier alpha value is -1.69. The Morgan fingerprint density at radius 2 is 1.61 bits per heavy atom. The Kier molecular flexibility index (Phi) is 4.80. The molecule has 1 saturated heterocycles. The minimum absolute atomic E-state index is 0.0790. The van der Waals surface area contributed by atoms with Crippen LogP contribution in [0.25, 0.3) is 0 Å². The Morgan fingerprint density at radius 3 is 2.26 bits per heavy atom. The molecular weight excluding hydrogens is 310 g/mol. The Bertz CT molecular complexity index is 731. The number of sulfonamides is 1. The van der Waals surface area contributed by atoms with Crippen molar-refractivity contribution in [2.75, 3.05) is 13.1 Å². The minimum atomic E-state index is -3.49. The summed E-state index contributed by atoms with van der Waals surface area (Å²) in [5.41, 5.74) is 1.12. The van der Waals surface area contributed by atoms with E-state index in [2.05, 4.69) is 0 Å². The normalized spacial score (nSPS) is 22.8. The molecule has 0 saturated carbocycles. The van der Waals surface area contributed by atoms with E-state index in [1.54, 1.807) is 30.3 Å². The maximum Gasteiger partial charge on any atom is 0.243 e. The second kappa shape index (κ2) is 6.83. The van der Waals surface area contributed by atoms with Crippen molar-refractivity contribution in [3.63, 3.8) is 0 Å². The second-order valence-electron chi connectivity index (χ2n) is 5.98. The van der Waals surface area contributed by atoms with Crippen LogP contribution in [0.4, 0.5) is 0 Å². The third-order valence-electron chi connectivity index (χ3n) is 4.38. The topological polar surface area (TPSA) is 57.6 Å². The number of hydrogen-bond acceptors (Lipinski definition) is 3. The molecule has 1 N–H and O–H groups in total. The van der Waals surface area contributed by atoms with Crippen LogP contribution in [0.5, 0.6) is 0 Å². The maximum atomic E-state index is 12.7. The van der Waals surface area contributed by atoms with Gasteiger partial charge in [-0.05, 0) is 30.5 Å². The second-order valence-corrected chi connectivity index (χ2v) is 7.92. The molecule has 122 valence electrons. The molecule has 5 heteroatoms. The van der Waals surface area contributed by atoms with Gasteiger partial charge in [0.2, 0.25) is 10.0 Å². The molecule has 1 heterocycles. The van der Waals surface area contributed by atoms with Gasteiger partial charge in [-0.2, -0.15) is 4.31 Å². The number of aliphatic hydroxyl groups excluding tert-OH is 1. The summed E-state index contributed by atoms with van der Waals surface area (Å²) in [7, 11) is -3.49. The van der Waals surface area contributed by atoms with Gasteiger partial charge in [0.25, 0.3) is 0 Å². The van der Waals surface area contributed by atoms with Crippen molar-refractivity contribution in [3.05, 3.63) is 66.2 Å². The van der Waals surface area contributed by atoms with E-state index in [-0.39, 0.29) is 5.92 Å². The van der Waals surface area contributed by atoms with Gasteiger partial charge in [0.15, 0.2) is 0 Å². The molecule has 1 aliphatic heterocycles. The fraction of sp³-hybridized carbons (Fsp3) is 0.333. The number of rotatable bonds is 4. The van der Waals surface area contributed by atoms with Gasteiger partial charge in [-0.1, -0.05) is 48.5 Å². The summed E-state index contributed by atoms with van der Waals surface area (Å²) in [4.78, 5) is 0.315. The largest absolute Gasteiger partial charge is 0.393 e. The fourth-order valence-electron chi connectivity index (χ4n) is 3.06. The lowest BCUT2D eigenvalue weighted by Gasteiger charge is -2.35. The van der Waals surface area contributed by atoms with Crippen LogP contribution in [0.15, 0.2) is 65.6 Å². The molecule has 2 aromatic carbocycles. The fourth-order valence-corrected chi connectivity index (χ4v) is 4.60. The predicted molar refractivity (Wildman–Crippen MR) is 89.5 cm³/mol. The molecule has 1 aliphatic rings. The van der Waals surface area contributed by atoms with Crippen LogP contribution in [0.3, 0.4) is 0 Å². The van der Waals surface area contributed by atoms with E-state index in [9.17, 15) is 13.5 Å². The summed E-state index contributed by atoms with van der Waals surface area (Å²) >= 11 is 0. The van der Waals surface area contributed by atoms with Gasteiger partial charge in [-0.15, -0.1) is 0 Å². The summed E-state index contributed by atoms with van der Waals surface area (Å²) in [5.74, 6) is -0.0790. The molecule has 0 radical (unpaired) electrons. The van der Waals surface area contributed by atoms with Gasteiger partial charge in [0.05, 0.1) is 11.0 Å². The van der Waals surface area contributed by atoms with Gasteiger partial charge in [0, 0.05) is 19.0 Å². The van der Waals surface area contributed by atoms with Crippen molar-refractivity contribution in [1.29, 1.82) is 0 Å². The van der Waals surface area contributed by atoms with E-state index in [0.717, 1.165) is 5.56 Å². The van der Waals surface area contributed by atoms with E-state index in [4.69, 9.17) is 0 Å². The molecule has 3 rings (SSSR count). The summed E-state index contributed by atoms with van der Waals surface area (Å²) in [6, 6.07) is 18.4. The molecule has 2 unspecified atom stereocenters. The Balaban J connectivity index is 1.78. The standard InChI is InChI=1S/C18H21NO3S/c20-18-11-12-19(23(21,22)17-9-5-2-6-10-17)14-16(18)13-15-7-3-1-4-8-15/h1-10,16,18,20H,11-14H2. The Morgan fingerprint density at radius 1 is 1.00 bits per heavy atom. The van der Waals surface area contributed by atoms with Crippen LogP contribution < -0.4 is 0 Å². The zero-order chi connectivity index (χ0) is 16.3. The molecule has 2 atom stereocenters. The molecular formula is C18H21NO3S. The number of hydrogen-bond donors (Lipinski definition) is 1. The van der Waals surface area contributed by atoms with Crippen LogP contribution in [0, 0.1) is 5.92 Å². The third kappa shape index (κ3) is 3.63. The summed E-state index contributed by atoms with van der Waals surface area (Å²) < 4.78 is 27.0.